The second kappa shape index (κ2) is 3.90. The number of fused-ring (bicyclic) bond motifs is 3. The summed E-state index contributed by atoms with van der Waals surface area (Å²) in [6.45, 7) is 0. The van der Waals surface area contributed by atoms with Crippen LogP contribution in [0, 0.1) is 15.9 Å². The van der Waals surface area contributed by atoms with Crippen LogP contribution in [0.2, 0.25) is 5.02 Å². The SMILES string of the molecule is O=[N+]([O-])c1c(F)cc2sc3ccccc3c2c1Cl. The van der Waals surface area contributed by atoms with Crippen molar-refractivity contribution in [3.63, 3.8) is 0 Å². The van der Waals surface area contributed by atoms with Crippen LogP contribution in [0.25, 0.3) is 20.2 Å². The molecule has 0 N–H and O–H groups in total. The van der Waals surface area contributed by atoms with E-state index in [9.17, 15) is 14.5 Å². The minimum atomic E-state index is -0.899. The lowest BCUT2D eigenvalue weighted by Gasteiger charge is -1.99. The summed E-state index contributed by atoms with van der Waals surface area (Å²) < 4.78 is 15.2. The number of rotatable bonds is 1. The molecule has 6 heteroatoms. The molecule has 1 heterocycles. The maximum atomic E-state index is 13.6. The molecule has 0 atom stereocenters. The zero-order chi connectivity index (χ0) is 12.9. The highest BCUT2D eigenvalue weighted by Crippen LogP contribution is 2.43. The predicted octanol–water partition coefficient (Wildman–Crippen LogP) is 4.76. The Hall–Kier alpha value is -1.72. The second-order valence-electron chi connectivity index (χ2n) is 3.75. The summed E-state index contributed by atoms with van der Waals surface area (Å²) in [6, 6.07) is 8.54. The molecule has 0 spiro atoms. The summed E-state index contributed by atoms with van der Waals surface area (Å²) in [5.41, 5.74) is -0.660. The Balaban J connectivity index is 2.56. The van der Waals surface area contributed by atoms with Crippen molar-refractivity contribution < 1.29 is 9.31 Å². The quantitative estimate of drug-likeness (QED) is 0.477. The van der Waals surface area contributed by atoms with E-state index >= 15 is 0 Å². The molecule has 0 radical (unpaired) electrons. The van der Waals surface area contributed by atoms with Crippen molar-refractivity contribution in [3.05, 3.63) is 51.3 Å². The van der Waals surface area contributed by atoms with Gasteiger partial charge in [0.05, 0.1) is 4.92 Å². The molecule has 0 fully saturated rings. The highest BCUT2D eigenvalue weighted by molar-refractivity contribution is 7.26. The fourth-order valence-electron chi connectivity index (χ4n) is 1.97. The van der Waals surface area contributed by atoms with Gasteiger partial charge >= 0.3 is 5.69 Å². The fraction of sp³-hybridized carbons (Fsp3) is 0. The van der Waals surface area contributed by atoms with E-state index in [1.807, 2.05) is 24.3 Å². The average Bonchev–Trinajstić information content (AvgIpc) is 2.66. The van der Waals surface area contributed by atoms with Crippen molar-refractivity contribution >= 4 is 48.8 Å². The summed E-state index contributed by atoms with van der Waals surface area (Å²) >= 11 is 7.35. The van der Waals surface area contributed by atoms with Gasteiger partial charge in [-0.15, -0.1) is 11.3 Å². The van der Waals surface area contributed by atoms with Crippen LogP contribution in [-0.4, -0.2) is 4.92 Å². The molecule has 18 heavy (non-hydrogen) atoms. The summed E-state index contributed by atoms with van der Waals surface area (Å²) in [7, 11) is 0. The van der Waals surface area contributed by atoms with E-state index in [4.69, 9.17) is 11.6 Å². The predicted molar refractivity (Wildman–Crippen MR) is 71.0 cm³/mol. The monoisotopic (exact) mass is 281 g/mol. The highest BCUT2D eigenvalue weighted by Gasteiger charge is 2.24. The molecule has 0 bridgehead atoms. The van der Waals surface area contributed by atoms with Gasteiger partial charge in [0.25, 0.3) is 0 Å². The Morgan fingerprint density at radius 1 is 1.28 bits per heavy atom. The van der Waals surface area contributed by atoms with Crippen LogP contribution >= 0.6 is 22.9 Å². The van der Waals surface area contributed by atoms with Crippen molar-refractivity contribution in [1.29, 1.82) is 0 Å². The van der Waals surface area contributed by atoms with E-state index in [-0.39, 0.29) is 5.02 Å². The lowest BCUT2D eigenvalue weighted by atomic mass is 10.1. The molecule has 0 unspecified atom stereocenters. The molecule has 3 aromatic rings. The van der Waals surface area contributed by atoms with Gasteiger partial charge in [0.15, 0.2) is 0 Å². The molecule has 0 saturated heterocycles. The molecule has 2 aromatic carbocycles. The van der Waals surface area contributed by atoms with Crippen molar-refractivity contribution in [2.75, 3.05) is 0 Å². The first kappa shape index (κ1) is 11.4. The number of nitrogens with zero attached hydrogens (tertiary/aromatic N) is 1. The third-order valence-electron chi connectivity index (χ3n) is 2.72. The van der Waals surface area contributed by atoms with E-state index in [1.54, 1.807) is 0 Å². The first-order valence-electron chi connectivity index (χ1n) is 5.03. The van der Waals surface area contributed by atoms with Crippen molar-refractivity contribution in [2.24, 2.45) is 0 Å². The Kier molecular flexibility index (Phi) is 2.46. The summed E-state index contributed by atoms with van der Waals surface area (Å²) in [5, 5.41) is 12.1. The molecule has 3 rings (SSSR count). The minimum Gasteiger partial charge on any atom is -0.258 e. The van der Waals surface area contributed by atoms with Gasteiger partial charge in [-0.3, -0.25) is 10.1 Å². The molecule has 0 aliphatic rings. The standard InChI is InChI=1S/C12H5ClFNO2S/c13-11-10-6-3-1-2-4-8(6)18-9(10)5-7(14)12(11)15(16)17/h1-5H. The average molecular weight is 282 g/mol. The number of halogens is 2. The van der Waals surface area contributed by atoms with Crippen LogP contribution in [0.15, 0.2) is 30.3 Å². The molecule has 0 aliphatic carbocycles. The fourth-order valence-corrected chi connectivity index (χ4v) is 3.53. The molecular weight excluding hydrogens is 277 g/mol. The summed E-state index contributed by atoms with van der Waals surface area (Å²) in [6.07, 6.45) is 0. The van der Waals surface area contributed by atoms with Crippen molar-refractivity contribution in [2.45, 2.75) is 0 Å². The van der Waals surface area contributed by atoms with Crippen molar-refractivity contribution in [1.82, 2.24) is 0 Å². The highest BCUT2D eigenvalue weighted by atomic mass is 35.5. The normalized spacial score (nSPS) is 11.2. The molecular formula is C12H5ClFNO2S. The number of nitro groups is 1. The van der Waals surface area contributed by atoms with E-state index in [2.05, 4.69) is 0 Å². The largest absolute Gasteiger partial charge is 0.323 e. The zero-order valence-corrected chi connectivity index (χ0v) is 10.4. The topological polar surface area (TPSA) is 43.1 Å². The summed E-state index contributed by atoms with van der Waals surface area (Å²) in [5.74, 6) is -0.899. The van der Waals surface area contributed by atoms with Crippen LogP contribution in [0.1, 0.15) is 0 Å². The van der Waals surface area contributed by atoms with E-state index in [0.29, 0.717) is 10.1 Å². The number of hydrogen-bond donors (Lipinski definition) is 0. The Labute approximate surface area is 110 Å². The lowest BCUT2D eigenvalue weighted by Crippen LogP contribution is -1.93. The van der Waals surface area contributed by atoms with Gasteiger partial charge in [0.1, 0.15) is 5.02 Å². The van der Waals surface area contributed by atoms with Gasteiger partial charge in [0, 0.05) is 20.2 Å². The molecule has 1 aromatic heterocycles. The molecule has 0 amide bonds. The molecule has 0 aliphatic heterocycles. The van der Waals surface area contributed by atoms with Gasteiger partial charge in [-0.1, -0.05) is 29.8 Å². The zero-order valence-electron chi connectivity index (χ0n) is 8.81. The van der Waals surface area contributed by atoms with Crippen LogP contribution < -0.4 is 0 Å². The third kappa shape index (κ3) is 1.48. The number of nitro benzene ring substituents is 1. The maximum Gasteiger partial charge on any atom is 0.323 e. The van der Waals surface area contributed by atoms with Gasteiger partial charge in [-0.05, 0) is 12.1 Å². The first-order valence-corrected chi connectivity index (χ1v) is 6.22. The van der Waals surface area contributed by atoms with Crippen LogP contribution in [-0.2, 0) is 0 Å². The Bertz CT molecular complexity index is 799. The van der Waals surface area contributed by atoms with Gasteiger partial charge < -0.3 is 0 Å². The molecule has 90 valence electrons. The first-order chi connectivity index (χ1) is 8.59. The molecule has 0 saturated carbocycles. The summed E-state index contributed by atoms with van der Waals surface area (Å²) in [4.78, 5) is 10.0. The second-order valence-corrected chi connectivity index (χ2v) is 5.21. The minimum absolute atomic E-state index is 0.132. The van der Waals surface area contributed by atoms with Gasteiger partial charge in [-0.2, -0.15) is 4.39 Å². The van der Waals surface area contributed by atoms with Gasteiger partial charge in [-0.25, -0.2) is 0 Å². The van der Waals surface area contributed by atoms with E-state index < -0.39 is 16.4 Å². The van der Waals surface area contributed by atoms with E-state index in [0.717, 1.165) is 10.1 Å². The maximum absolute atomic E-state index is 13.6. The van der Waals surface area contributed by atoms with Gasteiger partial charge in [0.2, 0.25) is 5.82 Å². The third-order valence-corrected chi connectivity index (χ3v) is 4.20. The van der Waals surface area contributed by atoms with Crippen LogP contribution in [0.5, 0.6) is 0 Å². The smallest absolute Gasteiger partial charge is 0.258 e. The number of thiophene rings is 1. The van der Waals surface area contributed by atoms with Crippen molar-refractivity contribution in [3.8, 4) is 0 Å². The van der Waals surface area contributed by atoms with Crippen LogP contribution in [0.3, 0.4) is 0 Å². The lowest BCUT2D eigenvalue weighted by molar-refractivity contribution is -0.387. The number of benzene rings is 2. The van der Waals surface area contributed by atoms with E-state index in [1.165, 1.54) is 17.4 Å². The Morgan fingerprint density at radius 2 is 2.00 bits per heavy atom. The molecule has 3 nitrogen and oxygen atoms in total. The Morgan fingerprint density at radius 3 is 2.72 bits per heavy atom. The number of hydrogen-bond acceptors (Lipinski definition) is 3. The van der Waals surface area contributed by atoms with Crippen LogP contribution in [0.4, 0.5) is 10.1 Å².